The van der Waals surface area contributed by atoms with Crippen LogP contribution in [0.2, 0.25) is 0 Å². The summed E-state index contributed by atoms with van der Waals surface area (Å²) in [5.41, 5.74) is 0. The second kappa shape index (κ2) is 11.1. The van der Waals surface area contributed by atoms with Gasteiger partial charge in [-0.25, -0.2) is 8.78 Å². The van der Waals surface area contributed by atoms with Crippen molar-refractivity contribution >= 4 is 17.6 Å². The first-order valence-corrected chi connectivity index (χ1v) is 10.0. The van der Waals surface area contributed by atoms with Gasteiger partial charge in [0.05, 0.1) is 6.04 Å². The van der Waals surface area contributed by atoms with Crippen molar-refractivity contribution in [3.05, 3.63) is 54.1 Å². The minimum atomic E-state index is -5.15. The van der Waals surface area contributed by atoms with Crippen molar-refractivity contribution in [2.24, 2.45) is 11.8 Å². The highest BCUT2D eigenvalue weighted by molar-refractivity contribution is 5.95. The van der Waals surface area contributed by atoms with E-state index in [1.165, 1.54) is 13.8 Å². The fraction of sp³-hybridized carbons (Fsp3) is 0.409. The van der Waals surface area contributed by atoms with Crippen LogP contribution < -0.4 is 15.4 Å². The number of halogens is 5. The van der Waals surface area contributed by atoms with Crippen LogP contribution in [0.3, 0.4) is 0 Å². The number of benzene rings is 1. The van der Waals surface area contributed by atoms with E-state index in [2.05, 4.69) is 10.6 Å². The lowest BCUT2D eigenvalue weighted by Crippen LogP contribution is -2.57. The first kappa shape index (κ1) is 26.0. The van der Waals surface area contributed by atoms with Crippen LogP contribution >= 0.6 is 0 Å². The lowest BCUT2D eigenvalue weighted by molar-refractivity contribution is -0.175. The molecule has 2 N–H and O–H groups in total. The number of ether oxygens (including phenoxy) is 1. The first-order chi connectivity index (χ1) is 15.4. The van der Waals surface area contributed by atoms with Gasteiger partial charge < -0.3 is 15.4 Å². The first-order valence-electron chi connectivity index (χ1n) is 10.0. The van der Waals surface area contributed by atoms with Gasteiger partial charge in [0.2, 0.25) is 5.91 Å². The molecule has 1 aromatic rings. The Labute approximate surface area is 186 Å². The predicted octanol–water partition coefficient (Wildman–Crippen LogP) is 3.23. The Bertz CT molecular complexity index is 923. The highest BCUT2D eigenvalue weighted by Crippen LogP contribution is 2.22. The Balaban J connectivity index is 2.13. The Morgan fingerprint density at radius 3 is 2.21 bits per heavy atom. The van der Waals surface area contributed by atoms with Crippen molar-refractivity contribution in [1.29, 1.82) is 0 Å². The topological polar surface area (TPSA) is 84.5 Å². The molecular weight excluding hydrogens is 451 g/mol. The second-order valence-corrected chi connectivity index (χ2v) is 7.74. The van der Waals surface area contributed by atoms with E-state index in [9.17, 15) is 36.3 Å². The van der Waals surface area contributed by atoms with E-state index in [1.54, 1.807) is 24.3 Å². The molecule has 0 heterocycles. The minimum absolute atomic E-state index is 0.264. The van der Waals surface area contributed by atoms with Crippen LogP contribution in [0.25, 0.3) is 0 Å². The van der Waals surface area contributed by atoms with E-state index in [4.69, 9.17) is 4.74 Å². The zero-order chi connectivity index (χ0) is 24.8. The van der Waals surface area contributed by atoms with Crippen LogP contribution in [-0.4, -0.2) is 42.5 Å². The molecular formula is C22H23F5N2O4. The van der Waals surface area contributed by atoms with E-state index in [0.717, 1.165) is 12.1 Å². The van der Waals surface area contributed by atoms with Gasteiger partial charge in [-0.15, -0.1) is 0 Å². The van der Waals surface area contributed by atoms with Crippen LogP contribution in [0.5, 0.6) is 5.75 Å². The number of alkyl halides is 3. The van der Waals surface area contributed by atoms with Gasteiger partial charge in [0.1, 0.15) is 23.4 Å². The summed E-state index contributed by atoms with van der Waals surface area (Å²) in [7, 11) is 0. The van der Waals surface area contributed by atoms with Gasteiger partial charge in [0.15, 0.2) is 6.61 Å². The molecule has 0 bridgehead atoms. The molecule has 0 radical (unpaired) electrons. The molecule has 1 aromatic carbocycles. The summed E-state index contributed by atoms with van der Waals surface area (Å²) >= 11 is 0. The van der Waals surface area contributed by atoms with Crippen molar-refractivity contribution in [2.45, 2.75) is 38.5 Å². The zero-order valence-corrected chi connectivity index (χ0v) is 17.8. The maximum absolute atomic E-state index is 13.3. The standard InChI is InChI=1S/C22H23F5N2O4/c1-12(2)18(20(31)22(25,26)27)29-21(32)19(13-6-4-3-5-7-13)28-17(30)11-33-16-9-14(23)8-15(24)10-16/h3-6,8-10,12-13,18-19H,7,11H2,1-2H3,(H,28,30)(H,29,32)/t13?,18-,19-/m0/s1. The summed E-state index contributed by atoms with van der Waals surface area (Å²) in [5.74, 6) is -7.53. The molecule has 3 atom stereocenters. The van der Waals surface area contributed by atoms with Crippen molar-refractivity contribution in [2.75, 3.05) is 6.61 Å². The molecule has 2 amide bonds. The average Bonchev–Trinajstić information content (AvgIpc) is 2.72. The maximum Gasteiger partial charge on any atom is 0.452 e. The largest absolute Gasteiger partial charge is 0.484 e. The summed E-state index contributed by atoms with van der Waals surface area (Å²) in [6, 6.07) is -0.847. The van der Waals surface area contributed by atoms with E-state index >= 15 is 0 Å². The summed E-state index contributed by atoms with van der Waals surface area (Å²) in [6.07, 6.45) is 1.73. The number of ketones is 1. The number of rotatable bonds is 9. The third-order valence-corrected chi connectivity index (χ3v) is 4.77. The van der Waals surface area contributed by atoms with Crippen LogP contribution in [-0.2, 0) is 14.4 Å². The van der Waals surface area contributed by atoms with Crippen LogP contribution in [0.4, 0.5) is 22.0 Å². The molecule has 0 aromatic heterocycles. The Morgan fingerprint density at radius 2 is 1.70 bits per heavy atom. The molecule has 0 spiro atoms. The lowest BCUT2D eigenvalue weighted by Gasteiger charge is -2.29. The quantitative estimate of drug-likeness (QED) is 0.539. The Kier molecular flexibility index (Phi) is 8.72. The molecule has 180 valence electrons. The van der Waals surface area contributed by atoms with Gasteiger partial charge in [0.25, 0.3) is 11.7 Å². The van der Waals surface area contributed by atoms with Crippen LogP contribution in [0.15, 0.2) is 42.5 Å². The molecule has 1 aliphatic carbocycles. The van der Waals surface area contributed by atoms with Gasteiger partial charge in [0, 0.05) is 24.1 Å². The predicted molar refractivity (Wildman–Crippen MR) is 108 cm³/mol. The maximum atomic E-state index is 13.3. The lowest BCUT2D eigenvalue weighted by atomic mass is 9.91. The van der Waals surface area contributed by atoms with Crippen molar-refractivity contribution < 1.29 is 41.1 Å². The van der Waals surface area contributed by atoms with Gasteiger partial charge in [-0.05, 0) is 12.3 Å². The smallest absolute Gasteiger partial charge is 0.452 e. The van der Waals surface area contributed by atoms with Crippen molar-refractivity contribution in [1.82, 2.24) is 10.6 Å². The highest BCUT2D eigenvalue weighted by atomic mass is 19.4. The van der Waals surface area contributed by atoms with E-state index in [0.29, 0.717) is 12.5 Å². The van der Waals surface area contributed by atoms with Gasteiger partial charge in [-0.3, -0.25) is 14.4 Å². The SMILES string of the molecule is CC(C)[C@H](NC(=O)[C@@H](NC(=O)COc1cc(F)cc(F)c1)C1C=CC=CC1)C(=O)C(F)(F)F. The van der Waals surface area contributed by atoms with Gasteiger partial charge in [-0.1, -0.05) is 38.2 Å². The van der Waals surface area contributed by atoms with Crippen molar-refractivity contribution in [3.63, 3.8) is 0 Å². The Hall–Kier alpha value is -3.24. The molecule has 0 aliphatic heterocycles. The number of nitrogens with one attached hydrogen (secondary N) is 2. The Morgan fingerprint density at radius 1 is 1.06 bits per heavy atom. The summed E-state index contributed by atoms with van der Waals surface area (Å²) < 4.78 is 70.3. The second-order valence-electron chi connectivity index (χ2n) is 7.74. The molecule has 0 saturated heterocycles. The fourth-order valence-electron chi connectivity index (χ4n) is 3.14. The summed E-state index contributed by atoms with van der Waals surface area (Å²) in [5, 5.41) is 4.46. The average molecular weight is 474 g/mol. The molecule has 11 heteroatoms. The number of carbonyl (C=O) groups is 3. The molecule has 0 saturated carbocycles. The third-order valence-electron chi connectivity index (χ3n) is 4.77. The van der Waals surface area contributed by atoms with Gasteiger partial charge >= 0.3 is 6.18 Å². The number of allylic oxidation sites excluding steroid dienone is 3. The van der Waals surface area contributed by atoms with E-state index in [1.807, 2.05) is 0 Å². The van der Waals surface area contributed by atoms with E-state index in [-0.39, 0.29) is 5.75 Å². The van der Waals surface area contributed by atoms with Gasteiger partial charge in [-0.2, -0.15) is 13.2 Å². The molecule has 2 rings (SSSR count). The van der Waals surface area contributed by atoms with Crippen LogP contribution in [0, 0.1) is 23.5 Å². The summed E-state index contributed by atoms with van der Waals surface area (Å²) in [6.45, 7) is 1.98. The molecule has 1 unspecified atom stereocenters. The normalized spacial score (nSPS) is 17.4. The van der Waals surface area contributed by atoms with Crippen molar-refractivity contribution in [3.8, 4) is 5.75 Å². The molecule has 6 nitrogen and oxygen atoms in total. The monoisotopic (exact) mass is 474 g/mol. The summed E-state index contributed by atoms with van der Waals surface area (Å²) in [4.78, 5) is 37.0. The highest BCUT2D eigenvalue weighted by Gasteiger charge is 2.45. The number of carbonyl (C=O) groups excluding carboxylic acids is 3. The minimum Gasteiger partial charge on any atom is -0.484 e. The molecule has 0 fully saturated rings. The number of amides is 2. The fourth-order valence-corrected chi connectivity index (χ4v) is 3.14. The number of hydrogen-bond acceptors (Lipinski definition) is 4. The third kappa shape index (κ3) is 7.69. The molecule has 1 aliphatic rings. The molecule has 33 heavy (non-hydrogen) atoms. The zero-order valence-electron chi connectivity index (χ0n) is 17.8. The number of Topliss-reactive ketones (excluding diaryl/α,β-unsaturated/α-hetero) is 1. The van der Waals surface area contributed by atoms with Crippen LogP contribution in [0.1, 0.15) is 20.3 Å². The number of hydrogen-bond donors (Lipinski definition) is 2. The van der Waals surface area contributed by atoms with E-state index < -0.39 is 65.9 Å².